The van der Waals surface area contributed by atoms with Gasteiger partial charge in [-0.2, -0.15) is 5.10 Å². The van der Waals surface area contributed by atoms with Crippen molar-refractivity contribution in [1.29, 1.82) is 0 Å². The number of aromatic nitrogens is 2. The van der Waals surface area contributed by atoms with Gasteiger partial charge in [-0.25, -0.2) is 0 Å². The van der Waals surface area contributed by atoms with Gasteiger partial charge >= 0.3 is 0 Å². The van der Waals surface area contributed by atoms with Gasteiger partial charge in [0, 0.05) is 24.1 Å². The first kappa shape index (κ1) is 22.3. The fourth-order valence-corrected chi connectivity index (χ4v) is 4.07. The van der Waals surface area contributed by atoms with Crippen molar-refractivity contribution in [2.24, 2.45) is 5.92 Å². The summed E-state index contributed by atoms with van der Waals surface area (Å²) in [5.74, 6) is 1.97. The first-order chi connectivity index (χ1) is 15.7. The van der Waals surface area contributed by atoms with E-state index in [4.69, 9.17) is 9.47 Å². The smallest absolute Gasteiger partial charge is 0.234 e. The molecule has 1 aliphatic rings. The molecule has 2 heterocycles. The highest BCUT2D eigenvalue weighted by Crippen LogP contribution is 2.29. The first-order valence-electron chi connectivity index (χ1n) is 11.7. The quantitative estimate of drug-likeness (QED) is 0.463. The van der Waals surface area contributed by atoms with Gasteiger partial charge in [0.1, 0.15) is 18.5 Å². The van der Waals surface area contributed by atoms with Gasteiger partial charge in [0.25, 0.3) is 0 Å². The topological polar surface area (TPSA) is 56.3 Å². The molecular weight excluding hydrogens is 398 g/mol. The van der Waals surface area contributed by atoms with E-state index in [0.717, 1.165) is 66.9 Å². The summed E-state index contributed by atoms with van der Waals surface area (Å²) in [4.78, 5) is 0. The maximum Gasteiger partial charge on any atom is 0.234 e. The molecule has 4 rings (SSSR count). The molecule has 1 fully saturated rings. The van der Waals surface area contributed by atoms with Crippen LogP contribution in [0.5, 0.6) is 11.6 Å². The van der Waals surface area contributed by atoms with Crippen LogP contribution in [0, 0.1) is 5.92 Å². The second kappa shape index (κ2) is 11.1. The summed E-state index contributed by atoms with van der Waals surface area (Å²) in [5, 5.41) is 12.3. The van der Waals surface area contributed by atoms with E-state index in [9.17, 15) is 0 Å². The van der Waals surface area contributed by atoms with E-state index in [1.54, 1.807) is 0 Å². The molecule has 32 heavy (non-hydrogen) atoms. The molecule has 0 saturated carbocycles. The van der Waals surface area contributed by atoms with Crippen molar-refractivity contribution in [1.82, 2.24) is 15.5 Å². The van der Waals surface area contributed by atoms with Crippen LogP contribution >= 0.6 is 0 Å². The van der Waals surface area contributed by atoms with E-state index in [2.05, 4.69) is 59.7 Å². The number of nitrogens with one attached hydrogen (secondary N) is 1. The summed E-state index contributed by atoms with van der Waals surface area (Å²) in [6.45, 7) is 6.94. The Bertz CT molecular complexity index is 970. The number of nitrogens with zero attached hydrogens (tertiary/aromatic N) is 2. The Labute approximate surface area is 191 Å². The largest absolute Gasteiger partial charge is 0.489 e. The molecule has 0 bridgehead atoms. The maximum absolute atomic E-state index is 6.19. The molecule has 5 heteroatoms. The SMILES string of the molecule is CCCCc1nnc(OC(C)C2CCNC2)cc1-c1ccc(OCc2ccccc2)cc1. The molecule has 1 aromatic heterocycles. The molecule has 2 aromatic carbocycles. The number of rotatable bonds is 10. The van der Waals surface area contributed by atoms with Gasteiger partial charge in [-0.3, -0.25) is 0 Å². The molecule has 1 N–H and O–H groups in total. The van der Waals surface area contributed by atoms with Gasteiger partial charge in [0.05, 0.1) is 5.69 Å². The van der Waals surface area contributed by atoms with Crippen molar-refractivity contribution >= 4 is 0 Å². The van der Waals surface area contributed by atoms with Crippen molar-refractivity contribution in [2.45, 2.75) is 52.2 Å². The highest BCUT2D eigenvalue weighted by atomic mass is 16.5. The minimum Gasteiger partial charge on any atom is -0.489 e. The first-order valence-corrected chi connectivity index (χ1v) is 11.7. The number of aryl methyl sites for hydroxylation is 1. The molecule has 1 aliphatic heterocycles. The molecule has 0 aliphatic carbocycles. The Balaban J connectivity index is 1.50. The average molecular weight is 432 g/mol. The Morgan fingerprint density at radius 1 is 1.06 bits per heavy atom. The van der Waals surface area contributed by atoms with Crippen molar-refractivity contribution in [3.63, 3.8) is 0 Å². The number of hydrogen-bond acceptors (Lipinski definition) is 5. The van der Waals surface area contributed by atoms with E-state index in [0.29, 0.717) is 18.4 Å². The molecule has 0 radical (unpaired) electrons. The second-order valence-corrected chi connectivity index (χ2v) is 8.52. The molecular formula is C27H33N3O2. The zero-order valence-corrected chi connectivity index (χ0v) is 19.1. The summed E-state index contributed by atoms with van der Waals surface area (Å²) in [6, 6.07) is 20.5. The zero-order chi connectivity index (χ0) is 22.2. The fourth-order valence-electron chi connectivity index (χ4n) is 4.07. The third-order valence-corrected chi connectivity index (χ3v) is 6.10. The average Bonchev–Trinajstić information content (AvgIpc) is 3.38. The van der Waals surface area contributed by atoms with Crippen molar-refractivity contribution in [2.75, 3.05) is 13.1 Å². The summed E-state index contributed by atoms with van der Waals surface area (Å²) >= 11 is 0. The Morgan fingerprint density at radius 2 is 1.88 bits per heavy atom. The lowest BCUT2D eigenvalue weighted by molar-refractivity contribution is 0.153. The molecule has 3 aromatic rings. The lowest BCUT2D eigenvalue weighted by Gasteiger charge is -2.20. The third-order valence-electron chi connectivity index (χ3n) is 6.10. The van der Waals surface area contributed by atoms with Gasteiger partial charge in [-0.15, -0.1) is 5.10 Å². The molecule has 2 unspecified atom stereocenters. The molecule has 2 atom stereocenters. The Morgan fingerprint density at radius 3 is 2.59 bits per heavy atom. The highest BCUT2D eigenvalue weighted by molar-refractivity contribution is 5.67. The molecule has 0 spiro atoms. The van der Waals surface area contributed by atoms with Crippen LogP contribution < -0.4 is 14.8 Å². The summed E-state index contributed by atoms with van der Waals surface area (Å²) in [7, 11) is 0. The van der Waals surface area contributed by atoms with Crippen LogP contribution in [0.3, 0.4) is 0 Å². The van der Waals surface area contributed by atoms with Crippen molar-refractivity contribution in [3.8, 4) is 22.8 Å². The van der Waals surface area contributed by atoms with Crippen LogP contribution in [0.1, 0.15) is 44.4 Å². The maximum atomic E-state index is 6.19. The van der Waals surface area contributed by atoms with E-state index in [-0.39, 0.29) is 6.10 Å². The molecule has 1 saturated heterocycles. The number of hydrogen-bond donors (Lipinski definition) is 1. The van der Waals surface area contributed by atoms with E-state index in [1.807, 2.05) is 30.3 Å². The Hall–Kier alpha value is -2.92. The second-order valence-electron chi connectivity index (χ2n) is 8.52. The summed E-state index contributed by atoms with van der Waals surface area (Å²) in [6.07, 6.45) is 4.37. The van der Waals surface area contributed by atoms with Gasteiger partial charge < -0.3 is 14.8 Å². The van der Waals surface area contributed by atoms with Crippen molar-refractivity contribution < 1.29 is 9.47 Å². The van der Waals surface area contributed by atoms with Crippen LogP contribution in [-0.4, -0.2) is 29.4 Å². The van der Waals surface area contributed by atoms with Crippen molar-refractivity contribution in [3.05, 3.63) is 71.9 Å². The third kappa shape index (κ3) is 5.86. The lowest BCUT2D eigenvalue weighted by Crippen LogP contribution is -2.26. The van der Waals surface area contributed by atoms with E-state index < -0.39 is 0 Å². The van der Waals surface area contributed by atoms with Gasteiger partial charge in [0.2, 0.25) is 5.88 Å². The monoisotopic (exact) mass is 431 g/mol. The van der Waals surface area contributed by atoms with Crippen LogP contribution in [0.25, 0.3) is 11.1 Å². The number of benzene rings is 2. The van der Waals surface area contributed by atoms with Crippen LogP contribution in [-0.2, 0) is 13.0 Å². The van der Waals surface area contributed by atoms with Gasteiger partial charge in [-0.1, -0.05) is 55.8 Å². The van der Waals surface area contributed by atoms with Crippen LogP contribution in [0.15, 0.2) is 60.7 Å². The van der Waals surface area contributed by atoms with Crippen LogP contribution in [0.2, 0.25) is 0 Å². The minimum absolute atomic E-state index is 0.113. The number of ether oxygens (including phenoxy) is 2. The summed E-state index contributed by atoms with van der Waals surface area (Å²) in [5.41, 5.74) is 4.38. The minimum atomic E-state index is 0.113. The molecule has 5 nitrogen and oxygen atoms in total. The lowest BCUT2D eigenvalue weighted by atomic mass is 10.0. The van der Waals surface area contributed by atoms with E-state index in [1.165, 1.54) is 0 Å². The standard InChI is InChI=1S/C27H33N3O2/c1-3-4-10-26-25(17-27(30-29-26)32-20(2)23-15-16-28-18-23)22-11-13-24(14-12-22)31-19-21-8-6-5-7-9-21/h5-9,11-14,17,20,23,28H,3-4,10,15-16,18-19H2,1-2H3. The Kier molecular flexibility index (Phi) is 7.73. The summed E-state index contributed by atoms with van der Waals surface area (Å²) < 4.78 is 12.1. The highest BCUT2D eigenvalue weighted by Gasteiger charge is 2.23. The molecule has 168 valence electrons. The van der Waals surface area contributed by atoms with Gasteiger partial charge in [-0.05, 0) is 56.0 Å². The normalized spacial score (nSPS) is 16.6. The zero-order valence-electron chi connectivity index (χ0n) is 19.1. The van der Waals surface area contributed by atoms with Crippen LogP contribution in [0.4, 0.5) is 0 Å². The fraction of sp³-hybridized carbons (Fsp3) is 0.407. The predicted molar refractivity (Wildman–Crippen MR) is 128 cm³/mol. The molecule has 0 amide bonds. The number of unbranched alkanes of at least 4 members (excludes halogenated alkanes) is 1. The van der Waals surface area contributed by atoms with Gasteiger partial charge in [0.15, 0.2) is 0 Å². The van der Waals surface area contributed by atoms with E-state index >= 15 is 0 Å². The predicted octanol–water partition coefficient (Wildman–Crippen LogP) is 5.44.